The van der Waals surface area contributed by atoms with Crippen molar-refractivity contribution in [2.24, 2.45) is 0 Å². The van der Waals surface area contributed by atoms with Crippen LogP contribution < -0.4 is 10.2 Å². The van der Waals surface area contributed by atoms with Gasteiger partial charge < -0.3 is 10.2 Å². The third-order valence-electron chi connectivity index (χ3n) is 4.01. The van der Waals surface area contributed by atoms with Crippen molar-refractivity contribution in [3.05, 3.63) is 46.6 Å². The fourth-order valence-electron chi connectivity index (χ4n) is 2.74. The molecule has 0 fully saturated rings. The molecule has 0 amide bonds. The molecule has 1 aliphatic rings. The molecule has 1 N–H and O–H groups in total. The fourth-order valence-corrected chi connectivity index (χ4v) is 2.74. The molecule has 1 aliphatic heterocycles. The predicted octanol–water partition coefficient (Wildman–Crippen LogP) is 4.41. The lowest BCUT2D eigenvalue weighted by atomic mass is 10.1. The van der Waals surface area contributed by atoms with Gasteiger partial charge >= 0.3 is 6.18 Å². The largest absolute Gasteiger partial charge is 0.433 e. The van der Waals surface area contributed by atoms with Crippen LogP contribution in [0.2, 0.25) is 0 Å². The molecule has 0 saturated heterocycles. The van der Waals surface area contributed by atoms with Crippen LogP contribution in [-0.2, 0) is 12.7 Å². The summed E-state index contributed by atoms with van der Waals surface area (Å²) in [5.74, 6) is 0.267. The molecule has 0 atom stereocenters. The molecule has 0 saturated carbocycles. The maximum atomic E-state index is 12.8. The van der Waals surface area contributed by atoms with Crippen LogP contribution >= 0.6 is 0 Å². The van der Waals surface area contributed by atoms with E-state index in [1.54, 1.807) is 0 Å². The van der Waals surface area contributed by atoms with E-state index in [1.165, 1.54) is 6.07 Å². The van der Waals surface area contributed by atoms with Crippen molar-refractivity contribution in [1.29, 1.82) is 0 Å². The zero-order chi connectivity index (χ0) is 16.1. The number of nitrogens with zero attached hydrogens (tertiary/aromatic N) is 2. The molecule has 0 radical (unpaired) electrons. The molecule has 3 rings (SSSR count). The normalized spacial score (nSPS) is 14.0. The highest BCUT2D eigenvalue weighted by molar-refractivity contribution is 5.80. The zero-order valence-corrected chi connectivity index (χ0v) is 12.5. The Bertz CT molecular complexity index is 738. The number of aryl methyl sites for hydroxylation is 1. The lowest BCUT2D eigenvalue weighted by molar-refractivity contribution is -0.141. The summed E-state index contributed by atoms with van der Waals surface area (Å²) in [6.07, 6.45) is -4.44. The maximum Gasteiger partial charge on any atom is 0.433 e. The Morgan fingerprint density at radius 1 is 1.14 bits per heavy atom. The number of halogens is 3. The van der Waals surface area contributed by atoms with Crippen molar-refractivity contribution >= 4 is 17.2 Å². The fraction of sp³-hybridized carbons (Fsp3) is 0.312. The van der Waals surface area contributed by atoms with E-state index >= 15 is 0 Å². The van der Waals surface area contributed by atoms with Crippen LogP contribution in [0.4, 0.5) is 30.4 Å². The van der Waals surface area contributed by atoms with Crippen LogP contribution in [0.1, 0.15) is 22.4 Å². The van der Waals surface area contributed by atoms with E-state index in [1.807, 2.05) is 37.9 Å². The summed E-state index contributed by atoms with van der Waals surface area (Å²) >= 11 is 0. The highest BCUT2D eigenvalue weighted by Crippen LogP contribution is 2.39. The number of benzene rings is 1. The first kappa shape index (κ1) is 14.7. The molecular weight excluding hydrogens is 291 g/mol. The van der Waals surface area contributed by atoms with Gasteiger partial charge in [0.1, 0.15) is 11.5 Å². The summed E-state index contributed by atoms with van der Waals surface area (Å²) < 4.78 is 38.5. The van der Waals surface area contributed by atoms with Gasteiger partial charge in [-0.1, -0.05) is 12.1 Å². The zero-order valence-electron chi connectivity index (χ0n) is 12.5. The third-order valence-corrected chi connectivity index (χ3v) is 4.01. The molecule has 2 heterocycles. The second-order valence-corrected chi connectivity index (χ2v) is 5.59. The Hall–Kier alpha value is -2.24. The highest BCUT2D eigenvalue weighted by Gasteiger charge is 2.33. The first-order valence-corrected chi connectivity index (χ1v) is 6.93. The predicted molar refractivity (Wildman–Crippen MR) is 80.5 cm³/mol. The van der Waals surface area contributed by atoms with E-state index in [9.17, 15) is 13.2 Å². The van der Waals surface area contributed by atoms with Gasteiger partial charge in [0.25, 0.3) is 0 Å². The van der Waals surface area contributed by atoms with Gasteiger partial charge in [0.05, 0.1) is 11.4 Å². The number of nitrogens with one attached hydrogen (secondary N) is 1. The average molecular weight is 307 g/mol. The Morgan fingerprint density at radius 2 is 1.86 bits per heavy atom. The van der Waals surface area contributed by atoms with Crippen molar-refractivity contribution < 1.29 is 13.2 Å². The van der Waals surface area contributed by atoms with E-state index in [0.717, 1.165) is 34.1 Å². The smallest absolute Gasteiger partial charge is 0.368 e. The molecule has 0 aliphatic carbocycles. The van der Waals surface area contributed by atoms with Gasteiger partial charge in [-0.05, 0) is 37.1 Å². The summed E-state index contributed by atoms with van der Waals surface area (Å²) in [6.45, 7) is 4.53. The molecule has 1 aromatic carbocycles. The molecule has 0 spiro atoms. The number of anilines is 3. The van der Waals surface area contributed by atoms with Gasteiger partial charge in [0.15, 0.2) is 0 Å². The van der Waals surface area contributed by atoms with E-state index in [-0.39, 0.29) is 5.82 Å². The molecule has 2 aromatic rings. The number of hydrogen-bond donors (Lipinski definition) is 1. The van der Waals surface area contributed by atoms with Gasteiger partial charge in [-0.15, -0.1) is 0 Å². The van der Waals surface area contributed by atoms with Crippen LogP contribution in [0.5, 0.6) is 0 Å². The molecule has 6 heteroatoms. The van der Waals surface area contributed by atoms with Crippen molar-refractivity contribution in [3.63, 3.8) is 0 Å². The minimum atomic E-state index is -4.44. The first-order valence-electron chi connectivity index (χ1n) is 6.93. The van der Waals surface area contributed by atoms with Gasteiger partial charge in [-0.2, -0.15) is 13.2 Å². The molecule has 0 bridgehead atoms. The summed E-state index contributed by atoms with van der Waals surface area (Å²) in [4.78, 5) is 5.80. The number of pyridine rings is 1. The lowest BCUT2D eigenvalue weighted by Gasteiger charge is -2.22. The number of fused-ring (bicyclic) bond motifs is 2. The number of aromatic nitrogens is 1. The molecular formula is C16H16F3N3. The van der Waals surface area contributed by atoms with Crippen LogP contribution in [-0.4, -0.2) is 12.0 Å². The van der Waals surface area contributed by atoms with Crippen LogP contribution in [0.25, 0.3) is 0 Å². The molecule has 1 aromatic heterocycles. The van der Waals surface area contributed by atoms with Gasteiger partial charge in [-0.3, -0.25) is 0 Å². The lowest BCUT2D eigenvalue weighted by Crippen LogP contribution is -2.17. The average Bonchev–Trinajstić information content (AvgIpc) is 2.57. The summed E-state index contributed by atoms with van der Waals surface area (Å²) in [7, 11) is 1.93. The quantitative estimate of drug-likeness (QED) is 0.781. The Morgan fingerprint density at radius 3 is 2.55 bits per heavy atom. The second-order valence-electron chi connectivity index (χ2n) is 5.59. The van der Waals surface area contributed by atoms with Gasteiger partial charge in [0, 0.05) is 19.2 Å². The maximum absolute atomic E-state index is 12.8. The number of hydrogen-bond acceptors (Lipinski definition) is 3. The molecule has 22 heavy (non-hydrogen) atoms. The van der Waals surface area contributed by atoms with E-state index in [4.69, 9.17) is 0 Å². The monoisotopic (exact) mass is 307 g/mol. The summed E-state index contributed by atoms with van der Waals surface area (Å²) in [5.41, 5.74) is 3.87. The molecule has 0 unspecified atom stereocenters. The van der Waals surface area contributed by atoms with Crippen molar-refractivity contribution in [2.45, 2.75) is 26.6 Å². The third kappa shape index (κ3) is 2.38. The number of rotatable bonds is 0. The van der Waals surface area contributed by atoms with E-state index in [2.05, 4.69) is 10.3 Å². The first-order chi connectivity index (χ1) is 10.3. The van der Waals surface area contributed by atoms with Crippen LogP contribution in [0.3, 0.4) is 0 Å². The summed E-state index contributed by atoms with van der Waals surface area (Å²) in [5, 5.41) is 3.06. The molecule has 116 valence electrons. The SMILES string of the molecule is Cc1ccc2c(c1C)N(C)Cc1ccc(C(F)(F)F)nc1N2. The van der Waals surface area contributed by atoms with Crippen molar-refractivity contribution in [2.75, 3.05) is 17.3 Å². The minimum Gasteiger partial charge on any atom is -0.368 e. The Kier molecular flexibility index (Phi) is 3.27. The second kappa shape index (κ2) is 4.90. The molecule has 3 nitrogen and oxygen atoms in total. The van der Waals surface area contributed by atoms with Crippen LogP contribution in [0.15, 0.2) is 24.3 Å². The standard InChI is InChI=1S/C16H16F3N3/c1-9-4-6-12-14(10(9)2)22(3)8-11-5-7-13(16(17,18)19)21-15(11)20-12/h4-7H,8H2,1-3H3,(H,20,21). The van der Waals surface area contributed by atoms with Crippen LogP contribution in [0, 0.1) is 13.8 Å². The van der Waals surface area contributed by atoms with Gasteiger partial charge in [0.2, 0.25) is 0 Å². The summed E-state index contributed by atoms with van der Waals surface area (Å²) in [6, 6.07) is 6.35. The Labute approximate surface area is 126 Å². The van der Waals surface area contributed by atoms with Crippen molar-refractivity contribution in [1.82, 2.24) is 4.98 Å². The number of alkyl halides is 3. The Balaban J connectivity index is 2.13. The van der Waals surface area contributed by atoms with E-state index in [0.29, 0.717) is 6.54 Å². The minimum absolute atomic E-state index is 0.267. The topological polar surface area (TPSA) is 28.2 Å². The van der Waals surface area contributed by atoms with Crippen molar-refractivity contribution in [3.8, 4) is 0 Å². The van der Waals surface area contributed by atoms with Gasteiger partial charge in [-0.25, -0.2) is 4.98 Å². The highest BCUT2D eigenvalue weighted by atomic mass is 19.4. The van der Waals surface area contributed by atoms with E-state index < -0.39 is 11.9 Å².